The molecule has 0 radical (unpaired) electrons. The second kappa shape index (κ2) is 6.00. The number of nitro groups is 1. The van der Waals surface area contributed by atoms with Crippen LogP contribution in [0, 0.1) is 22.5 Å². The number of benzene rings is 1. The lowest BCUT2D eigenvalue weighted by Crippen LogP contribution is -2.38. The summed E-state index contributed by atoms with van der Waals surface area (Å²) in [5.74, 6) is -0.240. The predicted octanol–water partition coefficient (Wildman–Crippen LogP) is 2.61. The van der Waals surface area contributed by atoms with Gasteiger partial charge in [0.2, 0.25) is 5.91 Å². The summed E-state index contributed by atoms with van der Waals surface area (Å²) < 4.78 is 0. The van der Waals surface area contributed by atoms with Gasteiger partial charge in [0.1, 0.15) is 0 Å². The zero-order valence-electron chi connectivity index (χ0n) is 12.3. The van der Waals surface area contributed by atoms with Crippen molar-refractivity contribution in [3.8, 4) is 0 Å². The van der Waals surface area contributed by atoms with Gasteiger partial charge in [-0.3, -0.25) is 14.9 Å². The molecule has 0 heterocycles. The van der Waals surface area contributed by atoms with Crippen LogP contribution < -0.4 is 11.1 Å². The van der Waals surface area contributed by atoms with Crippen molar-refractivity contribution in [3.05, 3.63) is 33.9 Å². The van der Waals surface area contributed by atoms with E-state index in [0.29, 0.717) is 11.3 Å². The highest BCUT2D eigenvalue weighted by Gasteiger charge is 2.23. The molecular weight excluding hydrogens is 258 g/mol. The van der Waals surface area contributed by atoms with Crippen molar-refractivity contribution in [1.82, 2.24) is 0 Å². The number of anilines is 1. The van der Waals surface area contributed by atoms with Crippen molar-refractivity contribution in [2.75, 3.05) is 5.32 Å². The van der Waals surface area contributed by atoms with Gasteiger partial charge in [-0.15, -0.1) is 0 Å². The van der Waals surface area contributed by atoms with Crippen molar-refractivity contribution < 1.29 is 9.72 Å². The number of carbonyl (C=O) groups is 1. The standard InChI is InChI=1S/C14H21N3O3/c1-9-10(6-5-7-11(9)17(19)20)16-13(18)8-12(15)14(2,3)4/h5-7,12H,8,15H2,1-4H3,(H,16,18). The minimum Gasteiger partial charge on any atom is -0.327 e. The fourth-order valence-electron chi connectivity index (χ4n) is 1.66. The van der Waals surface area contributed by atoms with E-state index in [1.807, 2.05) is 20.8 Å². The topological polar surface area (TPSA) is 98.3 Å². The van der Waals surface area contributed by atoms with E-state index in [9.17, 15) is 14.9 Å². The third kappa shape index (κ3) is 4.03. The molecule has 0 saturated heterocycles. The van der Waals surface area contributed by atoms with Crippen LogP contribution in [0.4, 0.5) is 11.4 Å². The maximum atomic E-state index is 11.9. The molecule has 1 atom stereocenters. The summed E-state index contributed by atoms with van der Waals surface area (Å²) in [6.45, 7) is 7.49. The van der Waals surface area contributed by atoms with Gasteiger partial charge in [-0.25, -0.2) is 0 Å². The number of nitrogens with two attached hydrogens (primary N) is 1. The van der Waals surface area contributed by atoms with Gasteiger partial charge >= 0.3 is 0 Å². The van der Waals surface area contributed by atoms with Crippen LogP contribution >= 0.6 is 0 Å². The Morgan fingerprint density at radius 1 is 1.45 bits per heavy atom. The van der Waals surface area contributed by atoms with Gasteiger partial charge < -0.3 is 11.1 Å². The first-order chi connectivity index (χ1) is 9.12. The van der Waals surface area contributed by atoms with Crippen LogP contribution in [-0.2, 0) is 4.79 Å². The van der Waals surface area contributed by atoms with Gasteiger partial charge in [-0.05, 0) is 18.4 Å². The normalized spacial score (nSPS) is 12.8. The molecule has 0 aliphatic rings. The smallest absolute Gasteiger partial charge is 0.274 e. The molecule has 20 heavy (non-hydrogen) atoms. The molecule has 0 aromatic heterocycles. The van der Waals surface area contributed by atoms with Gasteiger partial charge in [-0.1, -0.05) is 26.8 Å². The molecule has 1 unspecified atom stereocenters. The van der Waals surface area contributed by atoms with Gasteiger partial charge in [0.15, 0.2) is 0 Å². The van der Waals surface area contributed by atoms with Crippen LogP contribution in [0.15, 0.2) is 18.2 Å². The molecule has 3 N–H and O–H groups in total. The maximum absolute atomic E-state index is 11.9. The van der Waals surface area contributed by atoms with Crippen molar-refractivity contribution in [1.29, 1.82) is 0 Å². The molecule has 0 fully saturated rings. The Bertz CT molecular complexity index is 521. The van der Waals surface area contributed by atoms with Crippen molar-refractivity contribution >= 4 is 17.3 Å². The van der Waals surface area contributed by atoms with E-state index in [1.54, 1.807) is 19.1 Å². The zero-order valence-corrected chi connectivity index (χ0v) is 12.3. The first kappa shape index (κ1) is 16.1. The summed E-state index contributed by atoms with van der Waals surface area (Å²) in [4.78, 5) is 22.3. The fourth-order valence-corrected chi connectivity index (χ4v) is 1.66. The van der Waals surface area contributed by atoms with Crippen molar-refractivity contribution in [2.24, 2.45) is 11.1 Å². The average Bonchev–Trinajstić information content (AvgIpc) is 2.30. The number of carbonyl (C=O) groups excluding carboxylic acids is 1. The minimum absolute atomic E-state index is 0.0112. The maximum Gasteiger partial charge on any atom is 0.274 e. The molecule has 0 saturated carbocycles. The summed E-state index contributed by atoms with van der Waals surface area (Å²) in [6.07, 6.45) is 0.172. The summed E-state index contributed by atoms with van der Waals surface area (Å²) in [5, 5.41) is 13.5. The molecule has 110 valence electrons. The van der Waals surface area contributed by atoms with Crippen LogP contribution in [0.25, 0.3) is 0 Å². The molecule has 6 nitrogen and oxygen atoms in total. The van der Waals surface area contributed by atoms with E-state index in [0.717, 1.165) is 0 Å². The Morgan fingerprint density at radius 3 is 2.55 bits per heavy atom. The Balaban J connectivity index is 2.82. The highest BCUT2D eigenvalue weighted by atomic mass is 16.6. The SMILES string of the molecule is Cc1c(NC(=O)CC(N)C(C)(C)C)cccc1[N+](=O)[O-]. The Morgan fingerprint density at radius 2 is 2.05 bits per heavy atom. The zero-order chi connectivity index (χ0) is 15.5. The lowest BCUT2D eigenvalue weighted by molar-refractivity contribution is -0.385. The molecule has 1 amide bonds. The third-order valence-corrected chi connectivity index (χ3v) is 3.29. The number of rotatable bonds is 4. The second-order valence-corrected chi connectivity index (χ2v) is 5.93. The summed E-state index contributed by atoms with van der Waals surface area (Å²) in [6, 6.07) is 4.32. The van der Waals surface area contributed by atoms with E-state index in [1.165, 1.54) is 6.07 Å². The summed E-state index contributed by atoms with van der Waals surface area (Å²) >= 11 is 0. The highest BCUT2D eigenvalue weighted by molar-refractivity contribution is 5.92. The van der Waals surface area contributed by atoms with Gasteiger partial charge in [0.05, 0.1) is 16.2 Å². The van der Waals surface area contributed by atoms with Gasteiger partial charge in [0, 0.05) is 18.5 Å². The molecule has 0 aliphatic carbocycles. The van der Waals surface area contributed by atoms with Crippen LogP contribution in [-0.4, -0.2) is 16.9 Å². The molecule has 1 aromatic rings. The number of nitrogens with one attached hydrogen (secondary N) is 1. The fraction of sp³-hybridized carbons (Fsp3) is 0.500. The number of nitrogens with zero attached hydrogens (tertiary/aromatic N) is 1. The quantitative estimate of drug-likeness (QED) is 0.653. The Labute approximate surface area is 118 Å². The minimum atomic E-state index is -0.466. The van der Waals surface area contributed by atoms with Crippen molar-refractivity contribution in [2.45, 2.75) is 40.2 Å². The third-order valence-electron chi connectivity index (χ3n) is 3.29. The van der Waals surface area contributed by atoms with E-state index in [2.05, 4.69) is 5.32 Å². The van der Waals surface area contributed by atoms with E-state index < -0.39 is 4.92 Å². The summed E-state index contributed by atoms with van der Waals surface area (Å²) in [7, 11) is 0. The second-order valence-electron chi connectivity index (χ2n) is 5.93. The first-order valence-electron chi connectivity index (χ1n) is 6.42. The van der Waals surface area contributed by atoms with Crippen LogP contribution in [0.5, 0.6) is 0 Å². The monoisotopic (exact) mass is 279 g/mol. The van der Waals surface area contributed by atoms with Crippen LogP contribution in [0.2, 0.25) is 0 Å². The van der Waals surface area contributed by atoms with Gasteiger partial charge in [0.25, 0.3) is 5.69 Å². The van der Waals surface area contributed by atoms with Crippen LogP contribution in [0.1, 0.15) is 32.8 Å². The number of hydrogen-bond acceptors (Lipinski definition) is 4. The Kier molecular flexibility index (Phi) is 4.83. The first-order valence-corrected chi connectivity index (χ1v) is 6.42. The van der Waals surface area contributed by atoms with Gasteiger partial charge in [-0.2, -0.15) is 0 Å². The molecule has 1 rings (SSSR count). The molecule has 1 aromatic carbocycles. The summed E-state index contributed by atoms with van der Waals surface area (Å²) in [5.41, 5.74) is 6.66. The number of hydrogen-bond donors (Lipinski definition) is 2. The molecule has 0 spiro atoms. The van der Waals surface area contributed by atoms with E-state index >= 15 is 0 Å². The highest BCUT2D eigenvalue weighted by Crippen LogP contribution is 2.26. The molecule has 0 aliphatic heterocycles. The molecular formula is C14H21N3O3. The number of nitro benzene ring substituents is 1. The lowest BCUT2D eigenvalue weighted by Gasteiger charge is -2.26. The van der Waals surface area contributed by atoms with Crippen molar-refractivity contribution in [3.63, 3.8) is 0 Å². The largest absolute Gasteiger partial charge is 0.327 e. The molecule has 0 bridgehead atoms. The van der Waals surface area contributed by atoms with E-state index in [4.69, 9.17) is 5.73 Å². The average molecular weight is 279 g/mol. The Hall–Kier alpha value is -1.95. The predicted molar refractivity (Wildman–Crippen MR) is 78.5 cm³/mol. The van der Waals surface area contributed by atoms with Crippen LogP contribution in [0.3, 0.4) is 0 Å². The lowest BCUT2D eigenvalue weighted by atomic mass is 9.85. The number of amides is 1. The van der Waals surface area contributed by atoms with E-state index in [-0.39, 0.29) is 29.5 Å². The molecule has 6 heteroatoms.